The summed E-state index contributed by atoms with van der Waals surface area (Å²) in [7, 11) is 0. The minimum absolute atomic E-state index is 0.171. The number of hydrogen-bond donors (Lipinski definition) is 1. The van der Waals surface area contributed by atoms with E-state index >= 15 is 0 Å². The molecule has 0 radical (unpaired) electrons. The Morgan fingerprint density at radius 2 is 2.33 bits per heavy atom. The summed E-state index contributed by atoms with van der Waals surface area (Å²) < 4.78 is 1.55. The van der Waals surface area contributed by atoms with Gasteiger partial charge in [-0.25, -0.2) is 14.3 Å². The maximum atomic E-state index is 10.9. The van der Waals surface area contributed by atoms with E-state index in [9.17, 15) is 4.79 Å². The van der Waals surface area contributed by atoms with E-state index in [0.29, 0.717) is 5.65 Å². The van der Waals surface area contributed by atoms with Crippen molar-refractivity contribution >= 4 is 11.6 Å². The molecular formula is C10H9N3O2. The van der Waals surface area contributed by atoms with Crippen LogP contribution in [0.1, 0.15) is 28.0 Å². The quantitative estimate of drug-likeness (QED) is 0.748. The zero-order valence-corrected chi connectivity index (χ0v) is 7.97. The molecule has 1 N–H and O–H groups in total. The van der Waals surface area contributed by atoms with Gasteiger partial charge in [-0.05, 0) is 24.8 Å². The number of fused-ring (bicyclic) bond motifs is 2. The minimum Gasteiger partial charge on any atom is -0.477 e. The lowest BCUT2D eigenvalue weighted by Gasteiger charge is -1.99. The van der Waals surface area contributed by atoms with Crippen LogP contribution in [-0.4, -0.2) is 25.7 Å². The number of aromatic nitrogens is 3. The summed E-state index contributed by atoms with van der Waals surface area (Å²) in [6.07, 6.45) is 6.28. The van der Waals surface area contributed by atoms with Crippen LogP contribution >= 0.6 is 0 Å². The summed E-state index contributed by atoms with van der Waals surface area (Å²) in [5, 5.41) is 12.9. The maximum absolute atomic E-state index is 10.9. The van der Waals surface area contributed by atoms with E-state index in [-0.39, 0.29) is 5.56 Å². The van der Waals surface area contributed by atoms with Crippen LogP contribution in [0.25, 0.3) is 5.65 Å². The molecule has 0 amide bonds. The van der Waals surface area contributed by atoms with Gasteiger partial charge in [-0.1, -0.05) is 0 Å². The first-order chi connectivity index (χ1) is 7.25. The molecule has 0 unspecified atom stereocenters. The molecule has 76 valence electrons. The molecule has 0 atom stereocenters. The number of rotatable bonds is 1. The largest absolute Gasteiger partial charge is 0.477 e. The van der Waals surface area contributed by atoms with Crippen LogP contribution in [0.15, 0.2) is 12.4 Å². The number of nitrogens with zero attached hydrogens (tertiary/aromatic N) is 3. The van der Waals surface area contributed by atoms with Gasteiger partial charge in [-0.2, -0.15) is 5.10 Å². The number of carbonyl (C=O) groups is 1. The summed E-state index contributed by atoms with van der Waals surface area (Å²) in [4.78, 5) is 15.2. The third-order valence-electron chi connectivity index (χ3n) is 2.75. The molecule has 1 aliphatic rings. The molecule has 3 rings (SSSR count). The highest BCUT2D eigenvalue weighted by atomic mass is 16.4. The fraction of sp³-hybridized carbons (Fsp3) is 0.300. The second kappa shape index (κ2) is 2.79. The number of carboxylic acid groups (broad SMARTS) is 1. The van der Waals surface area contributed by atoms with Gasteiger partial charge in [0.05, 0.1) is 6.20 Å². The molecule has 0 saturated carbocycles. The number of aryl methyl sites for hydroxylation is 2. The topological polar surface area (TPSA) is 67.5 Å². The predicted octanol–water partition coefficient (Wildman–Crippen LogP) is 0.916. The molecule has 2 heterocycles. The number of carboxylic acids is 1. The molecule has 0 bridgehead atoms. The van der Waals surface area contributed by atoms with E-state index in [2.05, 4.69) is 10.1 Å². The molecule has 0 aliphatic heterocycles. The van der Waals surface area contributed by atoms with Crippen molar-refractivity contribution in [2.24, 2.45) is 0 Å². The van der Waals surface area contributed by atoms with Gasteiger partial charge in [0.25, 0.3) is 0 Å². The van der Waals surface area contributed by atoms with Gasteiger partial charge in [0.1, 0.15) is 5.56 Å². The van der Waals surface area contributed by atoms with Crippen molar-refractivity contribution in [2.45, 2.75) is 19.3 Å². The summed E-state index contributed by atoms with van der Waals surface area (Å²) in [5.74, 6) is -0.976. The van der Waals surface area contributed by atoms with Gasteiger partial charge >= 0.3 is 5.97 Å². The molecule has 0 aromatic carbocycles. The van der Waals surface area contributed by atoms with Crippen molar-refractivity contribution in [2.75, 3.05) is 0 Å². The highest BCUT2D eigenvalue weighted by Crippen LogP contribution is 2.21. The Hall–Kier alpha value is -1.91. The summed E-state index contributed by atoms with van der Waals surface area (Å²) in [6, 6.07) is 0. The maximum Gasteiger partial charge on any atom is 0.341 e. The zero-order chi connectivity index (χ0) is 10.4. The molecular weight excluding hydrogens is 194 g/mol. The first-order valence-electron chi connectivity index (χ1n) is 4.85. The van der Waals surface area contributed by atoms with Crippen LogP contribution < -0.4 is 0 Å². The van der Waals surface area contributed by atoms with Crippen LogP contribution in [0.3, 0.4) is 0 Å². The van der Waals surface area contributed by atoms with Gasteiger partial charge in [0.2, 0.25) is 0 Å². The Balaban J connectivity index is 2.31. The molecule has 15 heavy (non-hydrogen) atoms. The summed E-state index contributed by atoms with van der Waals surface area (Å²) >= 11 is 0. The van der Waals surface area contributed by atoms with Gasteiger partial charge < -0.3 is 5.11 Å². The van der Waals surface area contributed by atoms with Gasteiger partial charge in [-0.3, -0.25) is 0 Å². The van der Waals surface area contributed by atoms with Crippen molar-refractivity contribution in [1.29, 1.82) is 0 Å². The second-order valence-corrected chi connectivity index (χ2v) is 3.70. The molecule has 0 saturated heterocycles. The average molecular weight is 203 g/mol. The normalized spacial score (nSPS) is 14.4. The third-order valence-corrected chi connectivity index (χ3v) is 2.75. The van der Waals surface area contributed by atoms with Crippen LogP contribution in [0.4, 0.5) is 0 Å². The van der Waals surface area contributed by atoms with E-state index in [4.69, 9.17) is 5.11 Å². The van der Waals surface area contributed by atoms with E-state index in [1.54, 1.807) is 4.52 Å². The van der Waals surface area contributed by atoms with E-state index < -0.39 is 5.97 Å². The Morgan fingerprint density at radius 3 is 3.13 bits per heavy atom. The highest BCUT2D eigenvalue weighted by Gasteiger charge is 2.18. The lowest BCUT2D eigenvalue weighted by atomic mass is 10.2. The number of hydrogen-bond acceptors (Lipinski definition) is 3. The Morgan fingerprint density at radius 1 is 1.47 bits per heavy atom. The van der Waals surface area contributed by atoms with Crippen molar-refractivity contribution < 1.29 is 9.90 Å². The first kappa shape index (κ1) is 8.40. The van der Waals surface area contributed by atoms with Crippen LogP contribution in [0.2, 0.25) is 0 Å². The molecule has 0 spiro atoms. The molecule has 0 fully saturated rings. The molecule has 1 aliphatic carbocycles. The van der Waals surface area contributed by atoms with E-state index in [1.165, 1.54) is 11.8 Å². The predicted molar refractivity (Wildman–Crippen MR) is 52.0 cm³/mol. The third kappa shape index (κ3) is 1.12. The molecule has 5 nitrogen and oxygen atoms in total. The average Bonchev–Trinajstić information content (AvgIpc) is 2.77. The van der Waals surface area contributed by atoms with Crippen molar-refractivity contribution in [1.82, 2.24) is 14.6 Å². The molecule has 2 aromatic rings. The molecule has 5 heteroatoms. The fourth-order valence-corrected chi connectivity index (χ4v) is 2.01. The smallest absolute Gasteiger partial charge is 0.341 e. The highest BCUT2D eigenvalue weighted by molar-refractivity contribution is 5.94. The Labute approximate surface area is 85.4 Å². The zero-order valence-electron chi connectivity index (χ0n) is 7.97. The van der Waals surface area contributed by atoms with Gasteiger partial charge in [0.15, 0.2) is 5.65 Å². The van der Waals surface area contributed by atoms with E-state index in [1.807, 2.05) is 6.20 Å². The van der Waals surface area contributed by atoms with Crippen LogP contribution in [0.5, 0.6) is 0 Å². The standard InChI is InChI=1S/C10H9N3O2/c14-10(15)7-4-11-13-5-6-2-1-3-8(6)12-9(7)13/h4-5H,1-3H2,(H,14,15). The summed E-state index contributed by atoms with van der Waals surface area (Å²) in [5.41, 5.74) is 2.82. The second-order valence-electron chi connectivity index (χ2n) is 3.70. The minimum atomic E-state index is -0.976. The Kier molecular flexibility index (Phi) is 1.56. The Bertz CT molecular complexity index is 559. The SMILES string of the molecule is O=C(O)c1cnn2cc3c(nc12)CCC3. The fourth-order valence-electron chi connectivity index (χ4n) is 2.01. The molecule has 2 aromatic heterocycles. The lowest BCUT2D eigenvalue weighted by Crippen LogP contribution is -2.00. The lowest BCUT2D eigenvalue weighted by molar-refractivity contribution is 0.0699. The number of aromatic carboxylic acids is 1. The summed E-state index contributed by atoms with van der Waals surface area (Å²) in [6.45, 7) is 0. The van der Waals surface area contributed by atoms with Crippen molar-refractivity contribution in [3.63, 3.8) is 0 Å². The van der Waals surface area contributed by atoms with Crippen LogP contribution in [0, 0.1) is 0 Å². The van der Waals surface area contributed by atoms with Gasteiger partial charge in [0, 0.05) is 11.9 Å². The van der Waals surface area contributed by atoms with Crippen LogP contribution in [-0.2, 0) is 12.8 Å². The van der Waals surface area contributed by atoms with Gasteiger partial charge in [-0.15, -0.1) is 0 Å². The van der Waals surface area contributed by atoms with Crippen molar-refractivity contribution in [3.05, 3.63) is 29.2 Å². The first-order valence-corrected chi connectivity index (χ1v) is 4.85. The monoisotopic (exact) mass is 203 g/mol. The van der Waals surface area contributed by atoms with Crippen molar-refractivity contribution in [3.8, 4) is 0 Å². The van der Waals surface area contributed by atoms with E-state index in [0.717, 1.165) is 25.0 Å².